The maximum atomic E-state index is 9.45. The van der Waals surface area contributed by atoms with Crippen LogP contribution in [-0.4, -0.2) is 45.8 Å². The van der Waals surface area contributed by atoms with Crippen LogP contribution >= 0.6 is 0 Å². The Bertz CT molecular complexity index is 460. The Morgan fingerprint density at radius 2 is 2.05 bits per heavy atom. The highest BCUT2D eigenvalue weighted by atomic mass is 16.4. The summed E-state index contributed by atoms with van der Waals surface area (Å²) in [4.78, 5) is 16.2. The molecule has 0 radical (unpaired) electrons. The van der Waals surface area contributed by atoms with Gasteiger partial charge in [0.05, 0.1) is 0 Å². The van der Waals surface area contributed by atoms with Crippen LogP contribution < -0.4 is 0 Å². The second-order valence-electron chi connectivity index (χ2n) is 5.32. The molecule has 112 valence electrons. The molecule has 0 aromatic carbocycles. The van der Waals surface area contributed by atoms with Crippen molar-refractivity contribution in [3.8, 4) is 0 Å². The summed E-state index contributed by atoms with van der Waals surface area (Å²) >= 11 is 0. The molecule has 0 spiro atoms. The molecule has 0 amide bonds. The lowest BCUT2D eigenvalue weighted by Gasteiger charge is -2.21. The minimum Gasteiger partial charge on any atom is -0.479 e. The van der Waals surface area contributed by atoms with Crippen LogP contribution in [0, 0.1) is 13.8 Å². The summed E-state index contributed by atoms with van der Waals surface area (Å²) in [6.45, 7) is 6.76. The van der Waals surface area contributed by atoms with Crippen LogP contribution in [0.25, 0.3) is 0 Å². The van der Waals surface area contributed by atoms with E-state index in [1.165, 1.54) is 43.0 Å². The molecule has 1 aliphatic heterocycles. The molecule has 1 aliphatic rings. The van der Waals surface area contributed by atoms with Gasteiger partial charge >= 0.3 is 5.97 Å². The third-order valence-electron chi connectivity index (χ3n) is 3.74. The highest BCUT2D eigenvalue weighted by Crippen LogP contribution is 2.32. The maximum Gasteiger partial charge on any atom is 0.332 e. The number of aliphatic carboxylic acids is 1. The van der Waals surface area contributed by atoms with Crippen molar-refractivity contribution in [1.29, 1.82) is 0 Å². The van der Waals surface area contributed by atoms with Gasteiger partial charge in [0.25, 0.3) is 0 Å². The molecule has 2 rings (SSSR count). The Morgan fingerprint density at radius 1 is 1.45 bits per heavy atom. The monoisotopic (exact) mass is 280 g/mol. The molecule has 2 heterocycles. The van der Waals surface area contributed by atoms with Crippen molar-refractivity contribution < 1.29 is 15.0 Å². The molecule has 2 atom stereocenters. The van der Waals surface area contributed by atoms with Crippen molar-refractivity contribution in [2.75, 3.05) is 13.6 Å². The first-order valence-electron chi connectivity index (χ1n) is 6.86. The standard InChI is InChI=1S/C12H18N2.C3H6O3/c1-9-7-13-8-11(10(9)2)12-5-4-6-14(12)3;1-2(4)3(5)6/h7-8,12H,4-6H2,1-3H3;2,4H,1H3,(H,5,6)/t12-;2-/m00/s1. The number of aliphatic hydroxyl groups excluding tert-OH is 1. The highest BCUT2D eigenvalue weighted by Gasteiger charge is 2.24. The van der Waals surface area contributed by atoms with Gasteiger partial charge in [-0.3, -0.25) is 9.88 Å². The molecule has 0 saturated carbocycles. The van der Waals surface area contributed by atoms with Crippen LogP contribution in [0.2, 0.25) is 0 Å². The molecule has 0 unspecified atom stereocenters. The van der Waals surface area contributed by atoms with Gasteiger partial charge in [0, 0.05) is 18.4 Å². The van der Waals surface area contributed by atoms with E-state index in [2.05, 4.69) is 30.8 Å². The Balaban J connectivity index is 0.000000286. The Kier molecular flexibility index (Phi) is 6.10. The van der Waals surface area contributed by atoms with Crippen molar-refractivity contribution in [3.05, 3.63) is 29.1 Å². The third-order valence-corrected chi connectivity index (χ3v) is 3.74. The molecule has 2 N–H and O–H groups in total. The third kappa shape index (κ3) is 4.28. The summed E-state index contributed by atoms with van der Waals surface area (Å²) in [5.74, 6) is -1.19. The Hall–Kier alpha value is -1.46. The predicted octanol–water partition coefficient (Wildman–Crippen LogP) is 1.92. The fourth-order valence-corrected chi connectivity index (χ4v) is 2.29. The average molecular weight is 280 g/mol. The molecule has 1 aromatic heterocycles. The number of carboxylic acids is 1. The van der Waals surface area contributed by atoms with Gasteiger partial charge in [-0.2, -0.15) is 0 Å². The first-order valence-corrected chi connectivity index (χ1v) is 6.86. The van der Waals surface area contributed by atoms with E-state index in [1.807, 2.05) is 12.4 Å². The molecule has 20 heavy (non-hydrogen) atoms. The van der Waals surface area contributed by atoms with Crippen molar-refractivity contribution in [2.24, 2.45) is 0 Å². The number of carbonyl (C=O) groups is 1. The molecule has 1 fully saturated rings. The van der Waals surface area contributed by atoms with Crippen LogP contribution in [0.5, 0.6) is 0 Å². The minimum atomic E-state index is -1.23. The summed E-state index contributed by atoms with van der Waals surface area (Å²) in [6, 6.07) is 0.599. The average Bonchev–Trinajstić information content (AvgIpc) is 2.79. The maximum absolute atomic E-state index is 9.45. The van der Waals surface area contributed by atoms with E-state index in [4.69, 9.17) is 10.2 Å². The van der Waals surface area contributed by atoms with E-state index in [1.54, 1.807) is 0 Å². The van der Waals surface area contributed by atoms with E-state index in [0.29, 0.717) is 6.04 Å². The summed E-state index contributed by atoms with van der Waals surface area (Å²) < 4.78 is 0. The number of aryl methyl sites for hydroxylation is 1. The fourth-order valence-electron chi connectivity index (χ4n) is 2.29. The van der Waals surface area contributed by atoms with E-state index in [0.717, 1.165) is 0 Å². The Morgan fingerprint density at radius 3 is 2.50 bits per heavy atom. The number of likely N-dealkylation sites (tertiary alicyclic amines) is 1. The molecule has 0 aliphatic carbocycles. The minimum absolute atomic E-state index is 0.599. The molecular weight excluding hydrogens is 256 g/mol. The van der Waals surface area contributed by atoms with Crippen LogP contribution in [0.1, 0.15) is 42.5 Å². The van der Waals surface area contributed by atoms with Gasteiger partial charge in [0.1, 0.15) is 6.10 Å². The summed E-state index contributed by atoms with van der Waals surface area (Å²) in [7, 11) is 2.21. The van der Waals surface area contributed by atoms with E-state index in [9.17, 15) is 4.79 Å². The smallest absolute Gasteiger partial charge is 0.332 e. The zero-order chi connectivity index (χ0) is 15.3. The van der Waals surface area contributed by atoms with Gasteiger partial charge in [-0.1, -0.05) is 0 Å². The largest absolute Gasteiger partial charge is 0.479 e. The first-order chi connectivity index (χ1) is 9.34. The number of hydrogen-bond donors (Lipinski definition) is 2. The highest BCUT2D eigenvalue weighted by molar-refractivity contribution is 5.71. The van der Waals surface area contributed by atoms with E-state index < -0.39 is 12.1 Å². The fraction of sp³-hybridized carbons (Fsp3) is 0.600. The number of rotatable bonds is 2. The number of carboxylic acid groups (broad SMARTS) is 1. The quantitative estimate of drug-likeness (QED) is 0.865. The molecule has 1 aromatic rings. The van der Waals surface area contributed by atoms with Crippen molar-refractivity contribution in [1.82, 2.24) is 9.88 Å². The molecule has 5 heteroatoms. The normalized spacial score (nSPS) is 20.1. The predicted molar refractivity (Wildman–Crippen MR) is 77.6 cm³/mol. The van der Waals surface area contributed by atoms with Crippen molar-refractivity contribution >= 4 is 5.97 Å². The van der Waals surface area contributed by atoms with Gasteiger partial charge in [0.2, 0.25) is 0 Å². The number of aliphatic hydroxyl groups is 1. The topological polar surface area (TPSA) is 73.7 Å². The zero-order valence-electron chi connectivity index (χ0n) is 12.6. The lowest BCUT2D eigenvalue weighted by Crippen LogP contribution is -2.18. The van der Waals surface area contributed by atoms with Crippen LogP contribution in [0.3, 0.4) is 0 Å². The lowest BCUT2D eigenvalue weighted by atomic mass is 9.99. The van der Waals surface area contributed by atoms with E-state index >= 15 is 0 Å². The molecular formula is C15H24N2O3. The van der Waals surface area contributed by atoms with E-state index in [-0.39, 0.29) is 0 Å². The lowest BCUT2D eigenvalue weighted by molar-refractivity contribution is -0.145. The van der Waals surface area contributed by atoms with Gasteiger partial charge in [0.15, 0.2) is 0 Å². The SMILES string of the molecule is C[C@H](O)C(=O)O.Cc1cncc([C@@H]2CCCN2C)c1C. The zero-order valence-corrected chi connectivity index (χ0v) is 12.6. The summed E-state index contributed by atoms with van der Waals surface area (Å²) in [6.07, 6.45) is 5.35. The second-order valence-corrected chi connectivity index (χ2v) is 5.32. The second kappa shape index (κ2) is 7.36. The van der Waals surface area contributed by atoms with Gasteiger partial charge in [-0.25, -0.2) is 4.79 Å². The van der Waals surface area contributed by atoms with Crippen molar-refractivity contribution in [3.63, 3.8) is 0 Å². The Labute approximate surface area is 120 Å². The number of aromatic nitrogens is 1. The first kappa shape index (κ1) is 16.6. The number of pyridine rings is 1. The van der Waals surface area contributed by atoms with Gasteiger partial charge < -0.3 is 10.2 Å². The van der Waals surface area contributed by atoms with Crippen LogP contribution in [-0.2, 0) is 4.79 Å². The molecule has 0 bridgehead atoms. The summed E-state index contributed by atoms with van der Waals surface area (Å²) in [5, 5.41) is 15.8. The number of hydrogen-bond acceptors (Lipinski definition) is 4. The van der Waals surface area contributed by atoms with Gasteiger partial charge in [-0.05, 0) is 63.9 Å². The van der Waals surface area contributed by atoms with Crippen molar-refractivity contribution in [2.45, 2.75) is 45.8 Å². The van der Waals surface area contributed by atoms with Crippen LogP contribution in [0.15, 0.2) is 12.4 Å². The van der Waals surface area contributed by atoms with Crippen LogP contribution in [0.4, 0.5) is 0 Å². The number of nitrogens with zero attached hydrogens (tertiary/aromatic N) is 2. The summed E-state index contributed by atoms with van der Waals surface area (Å²) in [5.41, 5.74) is 4.14. The van der Waals surface area contributed by atoms with Gasteiger partial charge in [-0.15, -0.1) is 0 Å². The molecule has 5 nitrogen and oxygen atoms in total. The molecule has 1 saturated heterocycles.